The Labute approximate surface area is 140 Å². The van der Waals surface area contributed by atoms with Gasteiger partial charge < -0.3 is 35.2 Å². The van der Waals surface area contributed by atoms with Crippen molar-refractivity contribution < 1.29 is 52.7 Å². The monoisotopic (exact) mass is 375 g/mol. The van der Waals surface area contributed by atoms with E-state index < -0.39 is 55.3 Å². The topological polar surface area (TPSA) is 146 Å². The second-order valence-electron chi connectivity index (χ2n) is 5.43. The van der Waals surface area contributed by atoms with Gasteiger partial charge in [0.1, 0.15) is 24.4 Å². The van der Waals surface area contributed by atoms with Crippen LogP contribution in [0.4, 0.5) is 13.2 Å². The van der Waals surface area contributed by atoms with Gasteiger partial charge in [0.05, 0.1) is 6.61 Å². The number of carbonyl (C=O) groups is 2. The molecule has 25 heavy (non-hydrogen) atoms. The summed E-state index contributed by atoms with van der Waals surface area (Å²) < 4.78 is 47.4. The Kier molecular flexibility index (Phi) is 8.02. The number of hydrogen-bond donors (Lipinski definition) is 5. The largest absolute Gasteiger partial charge is 0.481 e. The number of carbonyl (C=O) groups excluding carboxylic acids is 1. The fraction of sp³-hybridized carbons (Fsp3) is 0.846. The third kappa shape index (κ3) is 6.40. The highest BCUT2D eigenvalue weighted by Gasteiger charge is 2.49. The Balaban J connectivity index is 2.72. The van der Waals surface area contributed by atoms with E-state index >= 15 is 0 Å². The third-order valence-electron chi connectivity index (χ3n) is 3.50. The van der Waals surface area contributed by atoms with Crippen molar-refractivity contribution in [2.75, 3.05) is 13.2 Å². The quantitative estimate of drug-likeness (QED) is 0.331. The Bertz CT molecular complexity index is 461. The van der Waals surface area contributed by atoms with Crippen molar-refractivity contribution >= 4 is 11.9 Å². The van der Waals surface area contributed by atoms with E-state index in [4.69, 9.17) is 19.7 Å². The van der Waals surface area contributed by atoms with E-state index in [1.165, 1.54) is 5.32 Å². The van der Waals surface area contributed by atoms with E-state index in [0.29, 0.717) is 0 Å². The predicted octanol–water partition coefficient (Wildman–Crippen LogP) is -1.26. The molecular weight excluding hydrogens is 355 g/mol. The number of nitrogens with one attached hydrogen (secondary N) is 1. The molecule has 146 valence electrons. The Hall–Kier alpha value is -1.47. The van der Waals surface area contributed by atoms with Crippen molar-refractivity contribution in [2.45, 2.75) is 56.1 Å². The zero-order valence-corrected chi connectivity index (χ0v) is 13.0. The number of ether oxygens (including phenoxy) is 2. The van der Waals surface area contributed by atoms with Crippen molar-refractivity contribution in [1.29, 1.82) is 0 Å². The third-order valence-corrected chi connectivity index (χ3v) is 3.50. The molecule has 12 heteroatoms. The van der Waals surface area contributed by atoms with Crippen LogP contribution in [0.5, 0.6) is 0 Å². The molecule has 0 spiro atoms. The first kappa shape index (κ1) is 21.6. The first-order chi connectivity index (χ1) is 11.6. The molecule has 0 aromatic heterocycles. The molecule has 4 unspecified atom stereocenters. The summed E-state index contributed by atoms with van der Waals surface area (Å²) in [6, 6.07) is -1.73. The standard InChI is InChI=1S/C13H20F3NO8/c14-13(15,16)12(23)17-8-10(22)9(21)6(5-18)25-11(8)24-4-2-1-3-7(19)20/h6,8-11,18,21-22H,1-5H2,(H,17,23)(H,19,20)/t6?,8?,9-,10?,11?/m0/s1. The van der Waals surface area contributed by atoms with Gasteiger partial charge in [-0.15, -0.1) is 0 Å². The molecule has 9 nitrogen and oxygen atoms in total. The number of unbranched alkanes of at least 4 members (excludes halogenated alkanes) is 1. The van der Waals surface area contributed by atoms with Crippen LogP contribution in [0.15, 0.2) is 0 Å². The molecule has 1 heterocycles. The number of carboxylic acid groups (broad SMARTS) is 1. The van der Waals surface area contributed by atoms with Gasteiger partial charge in [0.2, 0.25) is 0 Å². The van der Waals surface area contributed by atoms with Crippen LogP contribution in [-0.2, 0) is 19.1 Å². The summed E-state index contributed by atoms with van der Waals surface area (Å²) >= 11 is 0. The van der Waals surface area contributed by atoms with E-state index in [1.807, 2.05) is 0 Å². The van der Waals surface area contributed by atoms with Gasteiger partial charge >= 0.3 is 18.1 Å². The van der Waals surface area contributed by atoms with Gasteiger partial charge in [0, 0.05) is 13.0 Å². The maximum atomic E-state index is 12.4. The first-order valence-corrected chi connectivity index (χ1v) is 7.41. The average molecular weight is 375 g/mol. The van der Waals surface area contributed by atoms with Gasteiger partial charge in [-0.3, -0.25) is 9.59 Å². The Morgan fingerprint density at radius 2 is 1.80 bits per heavy atom. The van der Waals surface area contributed by atoms with Crippen LogP contribution >= 0.6 is 0 Å². The van der Waals surface area contributed by atoms with Crippen LogP contribution in [0.2, 0.25) is 0 Å². The highest BCUT2D eigenvalue weighted by Crippen LogP contribution is 2.24. The van der Waals surface area contributed by atoms with E-state index in [2.05, 4.69) is 0 Å². The van der Waals surface area contributed by atoms with E-state index in [-0.39, 0.29) is 25.9 Å². The minimum atomic E-state index is -5.22. The van der Waals surface area contributed by atoms with E-state index in [0.717, 1.165) is 0 Å². The zero-order valence-electron chi connectivity index (χ0n) is 13.0. The number of aliphatic carboxylic acids is 1. The molecule has 0 saturated carbocycles. The summed E-state index contributed by atoms with van der Waals surface area (Å²) in [4.78, 5) is 21.5. The number of amides is 1. The molecule has 1 rings (SSSR count). The lowest BCUT2D eigenvalue weighted by molar-refractivity contribution is -0.272. The molecule has 0 radical (unpaired) electrons. The molecule has 0 aromatic rings. The van der Waals surface area contributed by atoms with Crippen molar-refractivity contribution in [3.05, 3.63) is 0 Å². The van der Waals surface area contributed by atoms with Crippen molar-refractivity contribution in [2.24, 2.45) is 0 Å². The van der Waals surface area contributed by atoms with E-state index in [1.54, 1.807) is 0 Å². The van der Waals surface area contributed by atoms with Gasteiger partial charge in [-0.1, -0.05) is 0 Å². The predicted molar refractivity (Wildman–Crippen MR) is 73.2 cm³/mol. The lowest BCUT2D eigenvalue weighted by Crippen LogP contribution is -2.65. The normalized spacial score (nSPS) is 30.1. The van der Waals surface area contributed by atoms with Crippen molar-refractivity contribution in [3.63, 3.8) is 0 Å². The summed E-state index contributed by atoms with van der Waals surface area (Å²) in [6.07, 6.45) is -11.4. The van der Waals surface area contributed by atoms with Crippen LogP contribution in [0.3, 0.4) is 0 Å². The van der Waals surface area contributed by atoms with Crippen LogP contribution < -0.4 is 5.32 Å². The van der Waals surface area contributed by atoms with Gasteiger partial charge in [-0.25, -0.2) is 0 Å². The summed E-state index contributed by atoms with van der Waals surface area (Å²) in [5, 5.41) is 38.7. The molecule has 5 N–H and O–H groups in total. The number of alkyl halides is 3. The first-order valence-electron chi connectivity index (χ1n) is 7.41. The molecule has 1 fully saturated rings. The lowest BCUT2D eigenvalue weighted by Gasteiger charge is -2.42. The number of hydrogen-bond acceptors (Lipinski definition) is 7. The molecule has 1 saturated heterocycles. The van der Waals surface area contributed by atoms with E-state index in [9.17, 15) is 33.0 Å². The molecular formula is C13H20F3NO8. The van der Waals surface area contributed by atoms with Gasteiger partial charge in [-0.2, -0.15) is 13.2 Å². The number of carboxylic acids is 1. The fourth-order valence-corrected chi connectivity index (χ4v) is 2.19. The summed E-state index contributed by atoms with van der Waals surface area (Å²) in [6.45, 7) is -0.867. The maximum Gasteiger partial charge on any atom is 0.471 e. The number of rotatable bonds is 8. The van der Waals surface area contributed by atoms with Crippen LogP contribution in [0.1, 0.15) is 19.3 Å². The molecule has 1 aliphatic heterocycles. The summed E-state index contributed by atoms with van der Waals surface area (Å²) in [5.41, 5.74) is 0. The number of halogens is 3. The number of aliphatic hydroxyl groups is 3. The molecule has 1 aliphatic rings. The lowest BCUT2D eigenvalue weighted by atomic mass is 9.97. The molecule has 0 bridgehead atoms. The molecule has 0 aromatic carbocycles. The highest BCUT2D eigenvalue weighted by atomic mass is 19.4. The average Bonchev–Trinajstić information content (AvgIpc) is 2.51. The van der Waals surface area contributed by atoms with Gasteiger partial charge in [-0.05, 0) is 12.8 Å². The second kappa shape index (κ2) is 9.29. The maximum absolute atomic E-state index is 12.4. The van der Waals surface area contributed by atoms with Crippen LogP contribution in [0.25, 0.3) is 0 Å². The fourth-order valence-electron chi connectivity index (χ4n) is 2.19. The van der Waals surface area contributed by atoms with Gasteiger partial charge in [0.25, 0.3) is 0 Å². The van der Waals surface area contributed by atoms with Gasteiger partial charge in [0.15, 0.2) is 6.29 Å². The number of aliphatic hydroxyl groups excluding tert-OH is 3. The minimum Gasteiger partial charge on any atom is -0.481 e. The second-order valence-corrected chi connectivity index (χ2v) is 5.43. The smallest absolute Gasteiger partial charge is 0.471 e. The molecule has 5 atom stereocenters. The highest BCUT2D eigenvalue weighted by molar-refractivity contribution is 5.82. The Morgan fingerprint density at radius 1 is 1.16 bits per heavy atom. The zero-order chi connectivity index (χ0) is 19.2. The summed E-state index contributed by atoms with van der Waals surface area (Å²) in [5.74, 6) is -3.38. The van der Waals surface area contributed by atoms with Crippen molar-refractivity contribution in [3.8, 4) is 0 Å². The SMILES string of the molecule is O=C(O)CCCCOC1OC(CO)[C@H](O)C(O)C1NC(=O)C(F)(F)F. The minimum absolute atomic E-state index is 0.128. The van der Waals surface area contributed by atoms with Crippen LogP contribution in [-0.4, -0.2) is 82.3 Å². The molecule has 1 amide bonds. The van der Waals surface area contributed by atoms with Crippen molar-refractivity contribution in [1.82, 2.24) is 5.32 Å². The molecule has 0 aliphatic carbocycles. The Morgan fingerprint density at radius 3 is 2.32 bits per heavy atom. The summed E-state index contributed by atoms with van der Waals surface area (Å²) in [7, 11) is 0. The van der Waals surface area contributed by atoms with Crippen LogP contribution in [0, 0.1) is 0 Å².